The third kappa shape index (κ3) is 2.26. The molecular weight excluding hydrogens is 164 g/mol. The third-order valence-corrected chi connectivity index (χ3v) is 1.20. The number of carbonyl (C=O) groups is 2. The topological polar surface area (TPSA) is 116 Å². The molecular formula is C6H12N2O4. The van der Waals surface area contributed by atoms with Crippen molar-refractivity contribution in [2.24, 2.45) is 11.5 Å². The summed E-state index contributed by atoms with van der Waals surface area (Å²) in [4.78, 5) is 21.5. The SMILES string of the molecule is CCOC(=O)C(N)(O)C(=O)CN. The number of hydrogen-bond acceptors (Lipinski definition) is 6. The van der Waals surface area contributed by atoms with E-state index in [1.807, 2.05) is 0 Å². The Labute approximate surface area is 69.5 Å². The molecule has 70 valence electrons. The summed E-state index contributed by atoms with van der Waals surface area (Å²) in [6, 6.07) is 0. The van der Waals surface area contributed by atoms with Gasteiger partial charge in [-0.3, -0.25) is 10.5 Å². The van der Waals surface area contributed by atoms with Crippen LogP contribution in [0.1, 0.15) is 6.92 Å². The third-order valence-electron chi connectivity index (χ3n) is 1.20. The molecule has 0 saturated carbocycles. The van der Waals surface area contributed by atoms with Gasteiger partial charge in [0, 0.05) is 0 Å². The van der Waals surface area contributed by atoms with Crippen molar-refractivity contribution in [3.05, 3.63) is 0 Å². The van der Waals surface area contributed by atoms with Gasteiger partial charge in [0.15, 0.2) is 0 Å². The Morgan fingerprint density at radius 3 is 2.42 bits per heavy atom. The van der Waals surface area contributed by atoms with E-state index >= 15 is 0 Å². The zero-order chi connectivity index (χ0) is 9.78. The first-order chi connectivity index (χ1) is 5.46. The van der Waals surface area contributed by atoms with Crippen LogP contribution >= 0.6 is 0 Å². The molecule has 6 heteroatoms. The first-order valence-corrected chi connectivity index (χ1v) is 3.38. The zero-order valence-corrected chi connectivity index (χ0v) is 6.74. The summed E-state index contributed by atoms with van der Waals surface area (Å²) >= 11 is 0. The van der Waals surface area contributed by atoms with Gasteiger partial charge in [0.05, 0.1) is 13.2 Å². The molecule has 12 heavy (non-hydrogen) atoms. The fourth-order valence-corrected chi connectivity index (χ4v) is 0.511. The van der Waals surface area contributed by atoms with E-state index in [0.717, 1.165) is 0 Å². The minimum absolute atomic E-state index is 0.0379. The Balaban J connectivity index is 4.38. The minimum Gasteiger partial charge on any atom is -0.462 e. The molecule has 0 aliphatic heterocycles. The van der Waals surface area contributed by atoms with Crippen LogP contribution in [0.4, 0.5) is 0 Å². The molecule has 0 aromatic carbocycles. The summed E-state index contributed by atoms with van der Waals surface area (Å²) in [5, 5.41) is 9.06. The van der Waals surface area contributed by atoms with E-state index in [0.29, 0.717) is 0 Å². The molecule has 1 unspecified atom stereocenters. The van der Waals surface area contributed by atoms with Crippen molar-refractivity contribution in [1.82, 2.24) is 0 Å². The van der Waals surface area contributed by atoms with Crippen molar-refractivity contribution in [2.75, 3.05) is 13.2 Å². The number of esters is 1. The monoisotopic (exact) mass is 176 g/mol. The van der Waals surface area contributed by atoms with Crippen molar-refractivity contribution in [3.8, 4) is 0 Å². The summed E-state index contributed by atoms with van der Waals surface area (Å²) < 4.78 is 4.34. The van der Waals surface area contributed by atoms with Crippen molar-refractivity contribution in [3.63, 3.8) is 0 Å². The summed E-state index contributed by atoms with van der Waals surface area (Å²) in [6.07, 6.45) is 0. The van der Waals surface area contributed by atoms with Gasteiger partial charge in [-0.15, -0.1) is 0 Å². The van der Waals surface area contributed by atoms with Crippen molar-refractivity contribution in [1.29, 1.82) is 0 Å². The fraction of sp³-hybridized carbons (Fsp3) is 0.667. The first-order valence-electron chi connectivity index (χ1n) is 3.38. The number of Topliss-reactive ketones (excluding diaryl/α,β-unsaturated/α-hetero) is 1. The van der Waals surface area contributed by atoms with Crippen LogP contribution in [0.5, 0.6) is 0 Å². The van der Waals surface area contributed by atoms with Crippen LogP contribution < -0.4 is 11.5 Å². The molecule has 0 heterocycles. The second-order valence-electron chi connectivity index (χ2n) is 2.11. The second-order valence-corrected chi connectivity index (χ2v) is 2.11. The van der Waals surface area contributed by atoms with Crippen LogP contribution in [0.25, 0.3) is 0 Å². The molecule has 0 aromatic rings. The molecule has 1 atom stereocenters. The number of hydrogen-bond donors (Lipinski definition) is 3. The van der Waals surface area contributed by atoms with Gasteiger partial charge in [-0.1, -0.05) is 0 Å². The molecule has 0 bridgehead atoms. The smallest absolute Gasteiger partial charge is 0.361 e. The fourth-order valence-electron chi connectivity index (χ4n) is 0.511. The summed E-state index contributed by atoms with van der Waals surface area (Å²) in [5.74, 6) is -2.15. The Hall–Kier alpha value is -0.980. The molecule has 0 aliphatic rings. The lowest BCUT2D eigenvalue weighted by Crippen LogP contribution is -2.57. The van der Waals surface area contributed by atoms with Crippen LogP contribution in [-0.2, 0) is 14.3 Å². The lowest BCUT2D eigenvalue weighted by molar-refractivity contribution is -0.169. The normalized spacial score (nSPS) is 15.0. The average molecular weight is 176 g/mol. The largest absolute Gasteiger partial charge is 0.462 e. The standard InChI is InChI=1S/C6H12N2O4/c1-2-12-5(10)6(8,11)4(9)3-7/h11H,2-3,7-8H2,1H3. The molecule has 0 radical (unpaired) electrons. The van der Waals surface area contributed by atoms with E-state index in [4.69, 9.17) is 16.6 Å². The van der Waals surface area contributed by atoms with Gasteiger partial charge >= 0.3 is 5.97 Å². The predicted octanol–water partition coefficient (Wildman–Crippen LogP) is -2.28. The Morgan fingerprint density at radius 2 is 2.08 bits per heavy atom. The average Bonchev–Trinajstić information content (AvgIpc) is 2.03. The van der Waals surface area contributed by atoms with Gasteiger partial charge in [-0.2, -0.15) is 0 Å². The van der Waals surface area contributed by atoms with Gasteiger partial charge in [0.2, 0.25) is 5.78 Å². The van der Waals surface area contributed by atoms with E-state index in [1.54, 1.807) is 0 Å². The molecule has 0 fully saturated rings. The minimum atomic E-state index is -2.61. The van der Waals surface area contributed by atoms with E-state index in [2.05, 4.69) is 4.74 Å². The van der Waals surface area contributed by atoms with Crippen LogP contribution in [0, 0.1) is 0 Å². The van der Waals surface area contributed by atoms with Crippen LogP contribution in [0.3, 0.4) is 0 Å². The van der Waals surface area contributed by atoms with Gasteiger partial charge in [0.25, 0.3) is 5.72 Å². The maximum atomic E-state index is 10.8. The molecule has 0 saturated heterocycles. The van der Waals surface area contributed by atoms with Crippen LogP contribution in [0.2, 0.25) is 0 Å². The lowest BCUT2D eigenvalue weighted by atomic mass is 10.1. The molecule has 0 aliphatic carbocycles. The van der Waals surface area contributed by atoms with Gasteiger partial charge < -0.3 is 15.6 Å². The van der Waals surface area contributed by atoms with E-state index in [-0.39, 0.29) is 6.61 Å². The van der Waals surface area contributed by atoms with Gasteiger partial charge in [-0.05, 0) is 6.92 Å². The number of aliphatic hydroxyl groups is 1. The Bertz CT molecular complexity index is 190. The number of nitrogens with two attached hydrogens (primary N) is 2. The van der Waals surface area contributed by atoms with Gasteiger partial charge in [0.1, 0.15) is 0 Å². The Morgan fingerprint density at radius 1 is 1.58 bits per heavy atom. The van der Waals surface area contributed by atoms with Crippen LogP contribution in [0.15, 0.2) is 0 Å². The number of ketones is 1. The highest BCUT2D eigenvalue weighted by Crippen LogP contribution is 1.99. The molecule has 0 spiro atoms. The summed E-state index contributed by atoms with van der Waals surface area (Å²) in [5.41, 5.74) is 7.24. The van der Waals surface area contributed by atoms with E-state index in [9.17, 15) is 9.59 Å². The van der Waals surface area contributed by atoms with Crippen molar-refractivity contribution >= 4 is 11.8 Å². The predicted molar refractivity (Wildman–Crippen MR) is 39.8 cm³/mol. The number of rotatable bonds is 4. The maximum Gasteiger partial charge on any atom is 0.361 e. The highest BCUT2D eigenvalue weighted by molar-refractivity contribution is 6.06. The highest BCUT2D eigenvalue weighted by atomic mass is 16.6. The number of carbonyl (C=O) groups excluding carboxylic acids is 2. The first kappa shape index (κ1) is 11.0. The summed E-state index contributed by atoms with van der Waals surface area (Å²) in [6.45, 7) is 1.06. The summed E-state index contributed by atoms with van der Waals surface area (Å²) in [7, 11) is 0. The number of ether oxygens (including phenoxy) is 1. The quantitative estimate of drug-likeness (QED) is 0.252. The van der Waals surface area contributed by atoms with E-state index < -0.39 is 24.0 Å². The maximum absolute atomic E-state index is 10.8. The van der Waals surface area contributed by atoms with Crippen molar-refractivity contribution < 1.29 is 19.4 Å². The van der Waals surface area contributed by atoms with E-state index in [1.165, 1.54) is 6.92 Å². The molecule has 6 nitrogen and oxygen atoms in total. The molecule has 0 aromatic heterocycles. The van der Waals surface area contributed by atoms with Crippen LogP contribution in [-0.4, -0.2) is 35.7 Å². The Kier molecular flexibility index (Phi) is 3.81. The van der Waals surface area contributed by atoms with Crippen molar-refractivity contribution in [2.45, 2.75) is 12.6 Å². The molecule has 0 amide bonds. The molecule has 5 N–H and O–H groups in total. The second kappa shape index (κ2) is 4.15. The zero-order valence-electron chi connectivity index (χ0n) is 6.74. The lowest BCUT2D eigenvalue weighted by Gasteiger charge is -2.17. The molecule has 0 rings (SSSR count). The highest BCUT2D eigenvalue weighted by Gasteiger charge is 2.40. The van der Waals surface area contributed by atoms with Gasteiger partial charge in [-0.25, -0.2) is 4.79 Å².